The molecule has 90 valence electrons. The van der Waals surface area contributed by atoms with Gasteiger partial charge in [0.25, 0.3) is 0 Å². The van der Waals surface area contributed by atoms with Crippen LogP contribution in [0.4, 0.5) is 0 Å². The van der Waals surface area contributed by atoms with Crippen LogP contribution in [-0.4, -0.2) is 18.1 Å². The molecule has 0 atom stereocenters. The van der Waals surface area contributed by atoms with Gasteiger partial charge < -0.3 is 10.5 Å². The lowest BCUT2D eigenvalue weighted by Gasteiger charge is -2.07. The SMILES string of the molecule is CCCCSCCOc1cccc(CN)c1. The number of hydrogen-bond acceptors (Lipinski definition) is 3. The van der Waals surface area contributed by atoms with E-state index in [4.69, 9.17) is 10.5 Å². The van der Waals surface area contributed by atoms with E-state index in [0.717, 1.165) is 23.7 Å². The van der Waals surface area contributed by atoms with Gasteiger partial charge in [-0.15, -0.1) is 0 Å². The van der Waals surface area contributed by atoms with Crippen molar-refractivity contribution >= 4 is 11.8 Å². The van der Waals surface area contributed by atoms with Gasteiger partial charge in [-0.3, -0.25) is 0 Å². The predicted octanol–water partition coefficient (Wildman–Crippen LogP) is 3.06. The third-order valence-corrected chi connectivity index (χ3v) is 3.31. The van der Waals surface area contributed by atoms with Crippen molar-refractivity contribution < 1.29 is 4.74 Å². The summed E-state index contributed by atoms with van der Waals surface area (Å²) in [5, 5.41) is 0. The standard InChI is InChI=1S/C13H21NOS/c1-2-3-8-16-9-7-15-13-6-4-5-12(10-13)11-14/h4-6,10H,2-3,7-9,11,14H2,1H3. The molecule has 0 bridgehead atoms. The molecule has 0 heterocycles. The van der Waals surface area contributed by atoms with Crippen molar-refractivity contribution in [2.75, 3.05) is 18.1 Å². The summed E-state index contributed by atoms with van der Waals surface area (Å²) >= 11 is 1.96. The maximum atomic E-state index is 5.65. The molecule has 1 aromatic carbocycles. The van der Waals surface area contributed by atoms with Gasteiger partial charge in [-0.05, 0) is 29.9 Å². The van der Waals surface area contributed by atoms with E-state index >= 15 is 0 Å². The van der Waals surface area contributed by atoms with E-state index in [9.17, 15) is 0 Å². The van der Waals surface area contributed by atoms with Gasteiger partial charge in [-0.1, -0.05) is 25.5 Å². The molecule has 0 radical (unpaired) electrons. The van der Waals surface area contributed by atoms with E-state index in [1.165, 1.54) is 18.6 Å². The van der Waals surface area contributed by atoms with Crippen molar-refractivity contribution in [1.82, 2.24) is 0 Å². The Morgan fingerprint density at radius 2 is 2.19 bits per heavy atom. The van der Waals surface area contributed by atoms with Crippen molar-refractivity contribution in [1.29, 1.82) is 0 Å². The molecule has 0 amide bonds. The summed E-state index contributed by atoms with van der Waals surface area (Å²) in [7, 11) is 0. The normalized spacial score (nSPS) is 10.4. The first kappa shape index (κ1) is 13.4. The first-order valence-corrected chi connectivity index (χ1v) is 7.02. The van der Waals surface area contributed by atoms with E-state index in [1.54, 1.807) is 0 Å². The van der Waals surface area contributed by atoms with Crippen LogP contribution in [0.15, 0.2) is 24.3 Å². The Bertz CT molecular complexity index is 291. The van der Waals surface area contributed by atoms with Gasteiger partial charge in [0.1, 0.15) is 5.75 Å². The quantitative estimate of drug-likeness (QED) is 0.708. The molecular weight excluding hydrogens is 218 g/mol. The minimum atomic E-state index is 0.572. The Labute approximate surface area is 103 Å². The average Bonchev–Trinajstić information content (AvgIpc) is 2.34. The molecule has 1 aromatic rings. The number of hydrogen-bond donors (Lipinski definition) is 1. The maximum absolute atomic E-state index is 5.65. The molecule has 0 saturated heterocycles. The topological polar surface area (TPSA) is 35.2 Å². The fourth-order valence-corrected chi connectivity index (χ4v) is 2.23. The molecule has 0 saturated carbocycles. The molecule has 0 spiro atoms. The summed E-state index contributed by atoms with van der Waals surface area (Å²) in [5.41, 5.74) is 6.69. The summed E-state index contributed by atoms with van der Waals surface area (Å²) in [4.78, 5) is 0. The highest BCUT2D eigenvalue weighted by molar-refractivity contribution is 7.99. The van der Waals surface area contributed by atoms with Crippen LogP contribution in [0, 0.1) is 0 Å². The molecule has 0 unspecified atom stereocenters. The number of benzene rings is 1. The third-order valence-electron chi connectivity index (χ3n) is 2.27. The van der Waals surface area contributed by atoms with Crippen LogP contribution in [0.25, 0.3) is 0 Å². The number of ether oxygens (including phenoxy) is 1. The van der Waals surface area contributed by atoms with E-state index < -0.39 is 0 Å². The van der Waals surface area contributed by atoms with Gasteiger partial charge in [0.05, 0.1) is 6.61 Å². The van der Waals surface area contributed by atoms with Crippen molar-refractivity contribution in [3.63, 3.8) is 0 Å². The fourth-order valence-electron chi connectivity index (χ4n) is 1.33. The van der Waals surface area contributed by atoms with Crippen LogP contribution in [0.5, 0.6) is 5.75 Å². The molecule has 0 aliphatic heterocycles. The van der Waals surface area contributed by atoms with Crippen LogP contribution in [0.2, 0.25) is 0 Å². The second-order valence-electron chi connectivity index (χ2n) is 3.67. The highest BCUT2D eigenvalue weighted by Gasteiger charge is 1.95. The molecule has 16 heavy (non-hydrogen) atoms. The van der Waals surface area contributed by atoms with E-state index in [2.05, 4.69) is 6.92 Å². The van der Waals surface area contributed by atoms with E-state index in [1.807, 2.05) is 36.0 Å². The third kappa shape index (κ3) is 5.42. The Morgan fingerprint density at radius 1 is 1.31 bits per heavy atom. The smallest absolute Gasteiger partial charge is 0.119 e. The summed E-state index contributed by atoms with van der Waals surface area (Å²) < 4.78 is 5.65. The fraction of sp³-hybridized carbons (Fsp3) is 0.538. The van der Waals surface area contributed by atoms with Crippen LogP contribution < -0.4 is 10.5 Å². The lowest BCUT2D eigenvalue weighted by Crippen LogP contribution is -2.02. The number of rotatable bonds is 8. The molecule has 0 aliphatic rings. The average molecular weight is 239 g/mol. The molecule has 1 rings (SSSR count). The lowest BCUT2D eigenvalue weighted by atomic mass is 10.2. The zero-order valence-electron chi connectivity index (χ0n) is 9.95. The second-order valence-corrected chi connectivity index (χ2v) is 4.89. The maximum Gasteiger partial charge on any atom is 0.119 e. The van der Waals surface area contributed by atoms with Gasteiger partial charge in [0, 0.05) is 12.3 Å². The first-order chi connectivity index (χ1) is 7.86. The van der Waals surface area contributed by atoms with Crippen molar-refractivity contribution in [2.24, 2.45) is 5.73 Å². The summed E-state index contributed by atoms with van der Waals surface area (Å²) in [6.07, 6.45) is 2.57. The van der Waals surface area contributed by atoms with Crippen LogP contribution in [-0.2, 0) is 6.54 Å². The number of nitrogens with two attached hydrogens (primary N) is 1. The second kappa shape index (κ2) is 8.48. The minimum absolute atomic E-state index is 0.572. The zero-order chi connectivity index (χ0) is 11.6. The Balaban J connectivity index is 2.16. The van der Waals surface area contributed by atoms with Gasteiger partial charge in [-0.2, -0.15) is 11.8 Å². The Kier molecular flexibility index (Phi) is 7.10. The summed E-state index contributed by atoms with van der Waals surface area (Å²) in [5.74, 6) is 3.23. The first-order valence-electron chi connectivity index (χ1n) is 5.86. The van der Waals surface area contributed by atoms with Crippen LogP contribution >= 0.6 is 11.8 Å². The highest BCUT2D eigenvalue weighted by Crippen LogP contribution is 2.13. The Hall–Kier alpha value is -0.670. The molecule has 2 N–H and O–H groups in total. The molecule has 0 aliphatic carbocycles. The van der Waals surface area contributed by atoms with Crippen molar-refractivity contribution in [2.45, 2.75) is 26.3 Å². The van der Waals surface area contributed by atoms with E-state index in [-0.39, 0.29) is 0 Å². The van der Waals surface area contributed by atoms with E-state index in [0.29, 0.717) is 6.54 Å². The summed E-state index contributed by atoms with van der Waals surface area (Å²) in [6, 6.07) is 8.00. The van der Waals surface area contributed by atoms with Gasteiger partial charge in [0.15, 0.2) is 0 Å². The number of thioether (sulfide) groups is 1. The van der Waals surface area contributed by atoms with Crippen molar-refractivity contribution in [3.05, 3.63) is 29.8 Å². The Morgan fingerprint density at radius 3 is 2.94 bits per heavy atom. The van der Waals surface area contributed by atoms with Gasteiger partial charge in [-0.25, -0.2) is 0 Å². The van der Waals surface area contributed by atoms with Crippen LogP contribution in [0.1, 0.15) is 25.3 Å². The van der Waals surface area contributed by atoms with Crippen molar-refractivity contribution in [3.8, 4) is 5.75 Å². The number of unbranched alkanes of at least 4 members (excludes halogenated alkanes) is 1. The molecule has 0 fully saturated rings. The highest BCUT2D eigenvalue weighted by atomic mass is 32.2. The molecule has 0 aromatic heterocycles. The monoisotopic (exact) mass is 239 g/mol. The summed E-state index contributed by atoms with van der Waals surface area (Å²) in [6.45, 7) is 3.57. The van der Waals surface area contributed by atoms with Gasteiger partial charge >= 0.3 is 0 Å². The van der Waals surface area contributed by atoms with Gasteiger partial charge in [0.2, 0.25) is 0 Å². The zero-order valence-corrected chi connectivity index (χ0v) is 10.8. The van der Waals surface area contributed by atoms with Crippen LogP contribution in [0.3, 0.4) is 0 Å². The predicted molar refractivity (Wildman–Crippen MR) is 72.1 cm³/mol. The minimum Gasteiger partial charge on any atom is -0.493 e. The largest absolute Gasteiger partial charge is 0.493 e. The molecule has 2 nitrogen and oxygen atoms in total. The molecular formula is C13H21NOS. The lowest BCUT2D eigenvalue weighted by molar-refractivity contribution is 0.343. The molecule has 3 heteroatoms.